The summed E-state index contributed by atoms with van der Waals surface area (Å²) in [4.78, 5) is 19.7. The Morgan fingerprint density at radius 3 is 2.89 bits per heavy atom. The Morgan fingerprint density at radius 1 is 1.37 bits per heavy atom. The van der Waals surface area contributed by atoms with E-state index < -0.39 is 0 Å². The van der Waals surface area contributed by atoms with Gasteiger partial charge in [0.25, 0.3) is 0 Å². The van der Waals surface area contributed by atoms with E-state index in [9.17, 15) is 4.79 Å². The summed E-state index contributed by atoms with van der Waals surface area (Å²) in [6, 6.07) is 3.60. The molecular weight excluding hydrogens is 242 g/mol. The molecule has 6 nitrogen and oxygen atoms in total. The average Bonchev–Trinajstić information content (AvgIpc) is 2.94. The Labute approximate surface area is 111 Å². The summed E-state index contributed by atoms with van der Waals surface area (Å²) in [6.45, 7) is 2.11. The molecule has 0 spiro atoms. The number of carbonyl (C=O) groups is 1. The van der Waals surface area contributed by atoms with Gasteiger partial charge in [-0.15, -0.1) is 0 Å². The Morgan fingerprint density at radius 2 is 2.26 bits per heavy atom. The first-order valence-electron chi connectivity index (χ1n) is 6.40. The largest absolute Gasteiger partial charge is 0.311 e. The molecule has 0 aliphatic carbocycles. The van der Waals surface area contributed by atoms with Crippen molar-refractivity contribution < 1.29 is 4.79 Å². The first-order valence-corrected chi connectivity index (χ1v) is 6.40. The van der Waals surface area contributed by atoms with Crippen molar-refractivity contribution in [1.82, 2.24) is 19.7 Å². The van der Waals surface area contributed by atoms with Crippen molar-refractivity contribution in [2.75, 3.05) is 5.32 Å². The van der Waals surface area contributed by atoms with Crippen LogP contribution in [0.1, 0.15) is 32.6 Å². The molecule has 19 heavy (non-hydrogen) atoms. The van der Waals surface area contributed by atoms with E-state index >= 15 is 0 Å². The van der Waals surface area contributed by atoms with Crippen molar-refractivity contribution in [2.24, 2.45) is 0 Å². The lowest BCUT2D eigenvalue weighted by atomic mass is 10.2. The molecule has 0 aliphatic heterocycles. The Bertz CT molecular complexity index is 506. The van der Waals surface area contributed by atoms with Crippen LogP contribution in [0.4, 0.5) is 5.82 Å². The smallest absolute Gasteiger partial charge is 0.225 e. The maximum Gasteiger partial charge on any atom is 0.225 e. The average molecular weight is 259 g/mol. The van der Waals surface area contributed by atoms with E-state index in [4.69, 9.17) is 0 Å². The zero-order chi connectivity index (χ0) is 13.5. The van der Waals surface area contributed by atoms with Crippen LogP contribution in [0.25, 0.3) is 5.69 Å². The zero-order valence-electron chi connectivity index (χ0n) is 10.9. The van der Waals surface area contributed by atoms with Crippen molar-refractivity contribution in [3.05, 3.63) is 31.0 Å². The number of aromatic nitrogens is 4. The molecule has 0 radical (unpaired) electrons. The van der Waals surface area contributed by atoms with Gasteiger partial charge in [-0.1, -0.05) is 19.8 Å². The number of amides is 1. The summed E-state index contributed by atoms with van der Waals surface area (Å²) in [6.07, 6.45) is 8.35. The predicted molar refractivity (Wildman–Crippen MR) is 71.9 cm³/mol. The second-order valence-corrected chi connectivity index (χ2v) is 4.25. The molecule has 0 aromatic carbocycles. The van der Waals surface area contributed by atoms with Gasteiger partial charge in [-0.25, -0.2) is 14.6 Å². The van der Waals surface area contributed by atoms with Crippen molar-refractivity contribution >= 4 is 11.7 Å². The number of pyridine rings is 1. The van der Waals surface area contributed by atoms with Gasteiger partial charge in [-0.2, -0.15) is 5.10 Å². The third kappa shape index (κ3) is 3.87. The highest BCUT2D eigenvalue weighted by Gasteiger charge is 2.03. The lowest BCUT2D eigenvalue weighted by Gasteiger charge is -2.05. The maximum atomic E-state index is 11.6. The standard InChI is InChI=1S/C13H17N5O/c1-2-3-4-5-13(19)17-12-7-6-11(8-15-12)18-10-14-9-16-18/h6-10H,2-5H2,1H3,(H,15,17,19). The van der Waals surface area contributed by atoms with Crippen LogP contribution >= 0.6 is 0 Å². The molecule has 6 heteroatoms. The van der Waals surface area contributed by atoms with Crippen LogP contribution < -0.4 is 5.32 Å². The van der Waals surface area contributed by atoms with Crippen LogP contribution in [0.15, 0.2) is 31.0 Å². The fourth-order valence-electron chi connectivity index (χ4n) is 1.68. The van der Waals surface area contributed by atoms with Crippen LogP contribution in [0, 0.1) is 0 Å². The zero-order valence-corrected chi connectivity index (χ0v) is 10.9. The van der Waals surface area contributed by atoms with Crippen LogP contribution in [-0.2, 0) is 4.79 Å². The Balaban J connectivity index is 1.90. The van der Waals surface area contributed by atoms with Crippen molar-refractivity contribution in [2.45, 2.75) is 32.6 Å². The first-order chi connectivity index (χ1) is 9.29. The molecule has 100 valence electrons. The highest BCUT2D eigenvalue weighted by Crippen LogP contribution is 2.09. The number of rotatable bonds is 6. The van der Waals surface area contributed by atoms with Gasteiger partial charge in [0.2, 0.25) is 5.91 Å². The maximum absolute atomic E-state index is 11.6. The summed E-state index contributed by atoms with van der Waals surface area (Å²) >= 11 is 0. The van der Waals surface area contributed by atoms with E-state index in [0.717, 1.165) is 24.9 Å². The fourth-order valence-corrected chi connectivity index (χ4v) is 1.68. The number of hydrogen-bond donors (Lipinski definition) is 1. The molecular formula is C13H17N5O. The molecule has 0 aliphatic rings. The molecule has 0 bridgehead atoms. The van der Waals surface area contributed by atoms with E-state index in [1.165, 1.54) is 6.33 Å². The minimum atomic E-state index is 0.00876. The van der Waals surface area contributed by atoms with Gasteiger partial charge >= 0.3 is 0 Å². The molecule has 1 N–H and O–H groups in total. The number of nitrogens with zero attached hydrogens (tertiary/aromatic N) is 4. The highest BCUT2D eigenvalue weighted by molar-refractivity contribution is 5.89. The third-order valence-electron chi connectivity index (χ3n) is 2.71. The minimum Gasteiger partial charge on any atom is -0.311 e. The molecule has 0 atom stereocenters. The normalized spacial score (nSPS) is 10.4. The molecule has 0 saturated heterocycles. The van der Waals surface area contributed by atoms with Crippen LogP contribution in [-0.4, -0.2) is 25.7 Å². The van der Waals surface area contributed by atoms with E-state index in [2.05, 4.69) is 27.3 Å². The van der Waals surface area contributed by atoms with Gasteiger partial charge in [-0.3, -0.25) is 4.79 Å². The number of anilines is 1. The summed E-state index contributed by atoms with van der Waals surface area (Å²) < 4.78 is 1.61. The van der Waals surface area contributed by atoms with Crippen LogP contribution in [0.5, 0.6) is 0 Å². The summed E-state index contributed by atoms with van der Waals surface area (Å²) in [7, 11) is 0. The molecule has 2 rings (SSSR count). The van der Waals surface area contributed by atoms with Gasteiger partial charge < -0.3 is 5.32 Å². The second kappa shape index (κ2) is 6.63. The van der Waals surface area contributed by atoms with Crippen molar-refractivity contribution in [1.29, 1.82) is 0 Å². The van der Waals surface area contributed by atoms with E-state index in [-0.39, 0.29) is 5.91 Å². The fraction of sp³-hybridized carbons (Fsp3) is 0.385. The molecule has 2 aromatic rings. The van der Waals surface area contributed by atoms with E-state index in [1.54, 1.807) is 23.3 Å². The summed E-state index contributed by atoms with van der Waals surface area (Å²) in [5.41, 5.74) is 0.807. The van der Waals surface area contributed by atoms with Gasteiger partial charge in [-0.05, 0) is 18.6 Å². The molecule has 0 unspecified atom stereocenters. The third-order valence-corrected chi connectivity index (χ3v) is 2.71. The lowest BCUT2D eigenvalue weighted by molar-refractivity contribution is -0.116. The topological polar surface area (TPSA) is 72.7 Å². The van der Waals surface area contributed by atoms with Crippen LogP contribution in [0.2, 0.25) is 0 Å². The van der Waals surface area contributed by atoms with Gasteiger partial charge in [0.15, 0.2) is 0 Å². The minimum absolute atomic E-state index is 0.00876. The number of hydrogen-bond acceptors (Lipinski definition) is 4. The van der Waals surface area contributed by atoms with E-state index in [1.807, 2.05) is 6.07 Å². The van der Waals surface area contributed by atoms with Gasteiger partial charge in [0.05, 0.1) is 11.9 Å². The predicted octanol–water partition coefficient (Wildman–Crippen LogP) is 2.18. The molecule has 0 saturated carbocycles. The molecule has 2 heterocycles. The van der Waals surface area contributed by atoms with Crippen molar-refractivity contribution in [3.63, 3.8) is 0 Å². The highest BCUT2D eigenvalue weighted by atomic mass is 16.1. The SMILES string of the molecule is CCCCCC(=O)Nc1ccc(-n2cncn2)cn1. The lowest BCUT2D eigenvalue weighted by Crippen LogP contribution is -2.12. The van der Waals surface area contributed by atoms with Crippen molar-refractivity contribution in [3.8, 4) is 5.69 Å². The molecule has 1 amide bonds. The second-order valence-electron chi connectivity index (χ2n) is 4.25. The number of unbranched alkanes of at least 4 members (excludes halogenated alkanes) is 2. The molecule has 2 aromatic heterocycles. The quantitative estimate of drug-likeness (QED) is 0.807. The summed E-state index contributed by atoms with van der Waals surface area (Å²) in [5.74, 6) is 0.569. The Hall–Kier alpha value is -2.24. The van der Waals surface area contributed by atoms with E-state index in [0.29, 0.717) is 12.2 Å². The van der Waals surface area contributed by atoms with Gasteiger partial charge in [0.1, 0.15) is 18.5 Å². The molecule has 0 fully saturated rings. The summed E-state index contributed by atoms with van der Waals surface area (Å²) in [5, 5.41) is 6.78. The number of nitrogens with one attached hydrogen (secondary N) is 1. The van der Waals surface area contributed by atoms with Gasteiger partial charge in [0, 0.05) is 6.42 Å². The number of carbonyl (C=O) groups excluding carboxylic acids is 1. The first kappa shape index (κ1) is 13.2. The Kier molecular flexibility index (Phi) is 4.60. The van der Waals surface area contributed by atoms with Crippen LogP contribution in [0.3, 0.4) is 0 Å². The monoisotopic (exact) mass is 259 g/mol.